The summed E-state index contributed by atoms with van der Waals surface area (Å²) in [5, 5.41) is 10.7. The molecule has 0 amide bonds. The van der Waals surface area contributed by atoms with Crippen LogP contribution in [-0.2, 0) is 48.5 Å². The van der Waals surface area contributed by atoms with Crippen molar-refractivity contribution >= 4 is 49.5 Å². The van der Waals surface area contributed by atoms with E-state index in [1.54, 1.807) is 0 Å². The standard InChI is InChI=1S/4C16H13.2C13H10.2ClH.2Zr/c4*1-12-10-14-8-5-9-15(16(14)11-12)13-6-3-2-4-7-13;2*1-3-7-12(8-4-1)11-13-9-5-2-6-10-13;;;;/h4*2-11H,1H3;2*1-10H;2*1H;;/q4*-1;;;;;2*+2/p-2. The van der Waals surface area contributed by atoms with Gasteiger partial charge in [0.25, 0.3) is 0 Å². The van der Waals surface area contributed by atoms with Crippen molar-refractivity contribution < 1.29 is 73.3 Å². The summed E-state index contributed by atoms with van der Waals surface area (Å²) in [7, 11) is 0. The fraction of sp³-hybridized carbons (Fsp3) is 0.0444. The summed E-state index contributed by atoms with van der Waals surface area (Å²) < 4.78 is 2.83. The van der Waals surface area contributed by atoms with Crippen LogP contribution in [0.5, 0.6) is 0 Å². The molecule has 0 radical (unpaired) electrons. The van der Waals surface area contributed by atoms with Gasteiger partial charge in [0.1, 0.15) is 0 Å². The van der Waals surface area contributed by atoms with E-state index >= 15 is 0 Å². The number of hydrogen-bond acceptors (Lipinski definition) is 0. The third-order valence-electron chi connectivity index (χ3n) is 16.2. The molecular weight excluding hydrogens is 1330 g/mol. The van der Waals surface area contributed by atoms with Crippen molar-refractivity contribution in [1.82, 2.24) is 0 Å². The van der Waals surface area contributed by atoms with E-state index in [4.69, 9.17) is 0 Å². The monoisotopic (exact) mass is 1400 g/mol. The zero-order chi connectivity index (χ0) is 63.4. The van der Waals surface area contributed by atoms with Gasteiger partial charge in [0.05, 0.1) is 0 Å². The summed E-state index contributed by atoms with van der Waals surface area (Å²) in [6.07, 6.45) is 0. The van der Waals surface area contributed by atoms with Gasteiger partial charge in [-0.2, -0.15) is 24.3 Å². The second-order valence-electron chi connectivity index (χ2n) is 23.0. The Morgan fingerprint density at radius 3 is 0.564 bits per heavy atom. The van der Waals surface area contributed by atoms with Crippen molar-refractivity contribution in [1.29, 1.82) is 0 Å². The molecule has 16 aromatic carbocycles. The predicted molar refractivity (Wildman–Crippen MR) is 391 cm³/mol. The van der Waals surface area contributed by atoms with Crippen LogP contribution in [-0.4, -0.2) is 6.41 Å². The van der Waals surface area contributed by atoms with Gasteiger partial charge in [-0.25, -0.2) is 0 Å². The SMILES string of the molecule is Cc1cc2c(-c3ccccc3)cccc2[cH-]1.Cc1cc2c(-c3ccccc3)cccc2[cH-]1.Cc1cc2c(-c3ccccc3)cccc2[cH-]1.Cc1cc2c(-c3ccccc3)cccc2[cH-]1.[Cl-].[Cl-].[Zr+2]=[C](c1ccccc1)c1ccccc1.[Zr+2]=[C](c1ccccc1)c1ccccc1. The molecule has 0 unspecified atom stereocenters. The van der Waals surface area contributed by atoms with Crippen LogP contribution in [0.2, 0.25) is 0 Å². The summed E-state index contributed by atoms with van der Waals surface area (Å²) >= 11 is 2.92. The Kier molecular flexibility index (Phi) is 25.8. The molecule has 0 bridgehead atoms. The minimum atomic E-state index is 0. The second-order valence-corrected chi connectivity index (χ2v) is 25.5. The summed E-state index contributed by atoms with van der Waals surface area (Å²) in [6.45, 7) is 8.59. The van der Waals surface area contributed by atoms with Crippen molar-refractivity contribution in [2.45, 2.75) is 27.7 Å². The van der Waals surface area contributed by atoms with Crippen LogP contribution in [0, 0.1) is 27.7 Å². The molecule has 0 aliphatic carbocycles. The molecule has 0 spiro atoms. The molecule has 0 N–H and O–H groups in total. The molecule has 0 aliphatic rings. The van der Waals surface area contributed by atoms with E-state index in [2.05, 4.69) is 392 Å². The van der Waals surface area contributed by atoms with E-state index in [-0.39, 0.29) is 24.8 Å². The first kappa shape index (κ1) is 69.5. The van der Waals surface area contributed by atoms with E-state index in [0.717, 1.165) is 0 Å². The van der Waals surface area contributed by atoms with Gasteiger partial charge in [0.2, 0.25) is 0 Å². The van der Waals surface area contributed by atoms with E-state index < -0.39 is 0 Å². The molecule has 0 fully saturated rings. The van der Waals surface area contributed by atoms with Crippen LogP contribution in [0.15, 0.2) is 364 Å². The molecule has 16 aromatic rings. The Bertz CT molecular complexity index is 4320. The molecule has 0 aliphatic heterocycles. The van der Waals surface area contributed by atoms with E-state index in [0.29, 0.717) is 0 Å². The van der Waals surface area contributed by atoms with Crippen LogP contribution in [0.25, 0.3) is 87.6 Å². The average Bonchev–Trinajstić information content (AvgIpc) is 1.67. The number of benzene rings is 12. The fourth-order valence-corrected chi connectivity index (χ4v) is 13.4. The van der Waals surface area contributed by atoms with Gasteiger partial charge < -0.3 is 24.8 Å². The average molecular weight is 1410 g/mol. The van der Waals surface area contributed by atoms with Crippen molar-refractivity contribution in [2.75, 3.05) is 0 Å². The van der Waals surface area contributed by atoms with Crippen LogP contribution in [0.3, 0.4) is 0 Å². The van der Waals surface area contributed by atoms with Crippen LogP contribution in [0.4, 0.5) is 0 Å². The van der Waals surface area contributed by atoms with E-state index in [1.807, 2.05) is 0 Å². The molecule has 0 saturated heterocycles. The number of fused-ring (bicyclic) bond motifs is 4. The Balaban J connectivity index is 0.000000132. The Labute approximate surface area is 597 Å². The van der Waals surface area contributed by atoms with Crippen LogP contribution in [0.1, 0.15) is 44.5 Å². The molecule has 4 heteroatoms. The van der Waals surface area contributed by atoms with Crippen molar-refractivity contribution in [3.05, 3.63) is 408 Å². The second kappa shape index (κ2) is 34.9. The zero-order valence-corrected chi connectivity index (χ0v) is 59.8. The van der Waals surface area contributed by atoms with E-state index in [9.17, 15) is 0 Å². The minimum absolute atomic E-state index is 0. The fourth-order valence-electron chi connectivity index (χ4n) is 11.8. The van der Waals surface area contributed by atoms with Crippen LogP contribution >= 0.6 is 0 Å². The third-order valence-corrected chi connectivity index (χ3v) is 19.0. The molecule has 16 rings (SSSR count). The van der Waals surface area contributed by atoms with Crippen molar-refractivity contribution in [3.8, 4) is 44.5 Å². The Hall–Kier alpha value is -8.83. The van der Waals surface area contributed by atoms with Gasteiger partial charge in [0, 0.05) is 0 Å². The third kappa shape index (κ3) is 18.3. The van der Waals surface area contributed by atoms with Gasteiger partial charge in [-0.15, -0.1) is 138 Å². The molecule has 94 heavy (non-hydrogen) atoms. The van der Waals surface area contributed by atoms with Gasteiger partial charge in [0.15, 0.2) is 0 Å². The quantitative estimate of drug-likeness (QED) is 0.133. The van der Waals surface area contributed by atoms with Gasteiger partial charge in [-0.1, -0.05) is 196 Å². The van der Waals surface area contributed by atoms with Gasteiger partial charge in [-0.3, -0.25) is 0 Å². The summed E-state index contributed by atoms with van der Waals surface area (Å²) in [6, 6.07) is 128. The molecule has 456 valence electrons. The van der Waals surface area contributed by atoms with E-state index in [1.165, 1.54) is 187 Å². The van der Waals surface area contributed by atoms with Crippen LogP contribution < -0.4 is 24.8 Å². The first-order chi connectivity index (χ1) is 45.1. The normalized spacial score (nSPS) is 10.3. The first-order valence-corrected chi connectivity index (χ1v) is 33.8. The summed E-state index contributed by atoms with van der Waals surface area (Å²) in [4.78, 5) is 0. The number of hydrogen-bond donors (Lipinski definition) is 0. The maximum atomic E-state index is 2.26. The van der Waals surface area contributed by atoms with Gasteiger partial charge in [-0.05, 0) is 22.3 Å². The van der Waals surface area contributed by atoms with Gasteiger partial charge >= 0.3 is 198 Å². The zero-order valence-electron chi connectivity index (χ0n) is 53.4. The predicted octanol–water partition coefficient (Wildman–Crippen LogP) is 17.7. The number of halogens is 2. The Morgan fingerprint density at radius 2 is 0.383 bits per heavy atom. The number of aryl methyl sites for hydroxylation is 4. The molecular formula is C90H72Cl2Zr2-2. The maximum absolute atomic E-state index is 2.26. The molecule has 0 nitrogen and oxygen atoms in total. The van der Waals surface area contributed by atoms with Crippen molar-refractivity contribution in [3.63, 3.8) is 0 Å². The molecule has 0 atom stereocenters. The number of rotatable bonds is 8. The Morgan fingerprint density at radius 1 is 0.213 bits per heavy atom. The molecule has 0 saturated carbocycles. The van der Waals surface area contributed by atoms with Crippen molar-refractivity contribution in [2.24, 2.45) is 0 Å². The summed E-state index contributed by atoms with van der Waals surface area (Å²) in [5.74, 6) is 0. The molecule has 0 aromatic heterocycles. The first-order valence-electron chi connectivity index (χ1n) is 31.4. The topological polar surface area (TPSA) is 0 Å². The summed E-state index contributed by atoms with van der Waals surface area (Å²) in [5.41, 5.74) is 21.1. The molecule has 0 heterocycles.